The number of pyridine rings is 1. The first-order chi connectivity index (χ1) is 28.9. The Bertz CT molecular complexity index is 2260. The van der Waals surface area contributed by atoms with Crippen LogP contribution in [0.5, 0.6) is 11.5 Å². The number of hydrogen-bond donors (Lipinski definition) is 2. The van der Waals surface area contributed by atoms with Crippen LogP contribution < -0.4 is 19.5 Å². The number of halogens is 3. The number of methoxy groups -OCH3 is 2. The summed E-state index contributed by atoms with van der Waals surface area (Å²) >= 11 is 0. The number of nitrogens with one attached hydrogen (secondary N) is 2. The van der Waals surface area contributed by atoms with E-state index in [0.717, 1.165) is 12.8 Å². The fourth-order valence-corrected chi connectivity index (χ4v) is 11.2. The molecule has 4 heterocycles. The quantitative estimate of drug-likeness (QED) is 0.242. The van der Waals surface area contributed by atoms with Crippen LogP contribution in [0, 0.1) is 11.8 Å². The van der Waals surface area contributed by atoms with Gasteiger partial charge in [0.25, 0.3) is 5.91 Å². The van der Waals surface area contributed by atoms with Crippen LogP contribution in [-0.2, 0) is 51.3 Å². The van der Waals surface area contributed by atoms with Crippen molar-refractivity contribution in [2.75, 3.05) is 27.4 Å². The monoisotopic (exact) mass is 874 g/mol. The van der Waals surface area contributed by atoms with Gasteiger partial charge in [0.05, 0.1) is 32.2 Å². The molecule has 1 aromatic heterocycles. The molecule has 0 unspecified atom stereocenters. The van der Waals surface area contributed by atoms with Gasteiger partial charge in [0.1, 0.15) is 33.3 Å². The van der Waals surface area contributed by atoms with Crippen molar-refractivity contribution in [3.05, 3.63) is 41.6 Å². The Balaban J connectivity index is 1.15. The van der Waals surface area contributed by atoms with Gasteiger partial charge >= 0.3 is 12.1 Å². The lowest BCUT2D eigenvalue weighted by molar-refractivity contribution is -0.169. The van der Waals surface area contributed by atoms with E-state index in [1.807, 2.05) is 13.0 Å². The molecule has 61 heavy (non-hydrogen) atoms. The molecular weight excluding hydrogens is 822 g/mol. The van der Waals surface area contributed by atoms with E-state index in [1.54, 1.807) is 12.1 Å². The number of benzene rings is 1. The third-order valence-corrected chi connectivity index (χ3v) is 15.9. The van der Waals surface area contributed by atoms with E-state index in [1.165, 1.54) is 31.3 Å². The third-order valence-electron chi connectivity index (χ3n) is 13.8. The molecule has 3 aliphatic heterocycles. The predicted octanol–water partition coefficient (Wildman–Crippen LogP) is 5.44. The molecule has 2 N–H and O–H groups in total. The molecule has 3 aliphatic carbocycles. The number of amides is 3. The number of alkyl halides is 3. The summed E-state index contributed by atoms with van der Waals surface area (Å²) in [4.78, 5) is 62.5. The van der Waals surface area contributed by atoms with Crippen LogP contribution in [0.15, 0.2) is 30.4 Å². The number of sulfonamides is 1. The molecule has 2 aromatic rings. The third kappa shape index (κ3) is 8.18. The standard InChI is InChI=1S/C43H53F3N4O10S/c1-39(15-9-16-39)59-33(51)20-26-10-7-5-4-6-8-11-27-22-42(27,38(54)49-61(55,56)41(18-19-41)25-57-2)48-36(52)32-23-40(24-50(32)37(26)53)17-14-29-30-21-28(58-3)12-13-31(30)47-35(34(29)60-40)43(44,45)46/h8,11-13,21,26-27,32H,4-7,9-10,14-20,22-25H2,1-3H3,(H,48,52)(H,49,54)/b11-8-/t26-,27-,32+,40-,42-/m1/s1. The van der Waals surface area contributed by atoms with Gasteiger partial charge in [-0.3, -0.25) is 23.9 Å². The minimum Gasteiger partial charge on any atom is -0.497 e. The van der Waals surface area contributed by atoms with E-state index < -0.39 is 90.7 Å². The van der Waals surface area contributed by atoms with Crippen LogP contribution in [0.25, 0.3) is 10.9 Å². The fourth-order valence-electron chi connectivity index (χ4n) is 9.69. The second-order valence-corrected chi connectivity index (χ2v) is 20.3. The maximum absolute atomic E-state index is 14.9. The zero-order chi connectivity index (χ0) is 43.6. The fraction of sp³-hybridized carbons (Fsp3) is 0.651. The Morgan fingerprint density at radius 1 is 1.05 bits per heavy atom. The molecule has 18 heteroatoms. The molecule has 6 aliphatic rings. The van der Waals surface area contributed by atoms with Crippen LogP contribution in [0.4, 0.5) is 13.2 Å². The highest BCUT2D eigenvalue weighted by Crippen LogP contribution is 2.51. The number of allylic oxidation sites excluding steroid dienone is 1. The van der Waals surface area contributed by atoms with Crippen molar-refractivity contribution in [2.45, 2.75) is 137 Å². The van der Waals surface area contributed by atoms with Crippen molar-refractivity contribution in [1.29, 1.82) is 0 Å². The predicted molar refractivity (Wildman–Crippen MR) is 214 cm³/mol. The highest BCUT2D eigenvalue weighted by atomic mass is 32.2. The maximum Gasteiger partial charge on any atom is 0.437 e. The molecule has 3 saturated carbocycles. The minimum atomic E-state index is -4.92. The van der Waals surface area contributed by atoms with Crippen LogP contribution in [0.3, 0.4) is 0 Å². The lowest BCUT2D eigenvalue weighted by Gasteiger charge is -2.38. The topological polar surface area (TPSA) is 180 Å². The van der Waals surface area contributed by atoms with Crippen molar-refractivity contribution in [2.24, 2.45) is 11.8 Å². The summed E-state index contributed by atoms with van der Waals surface area (Å²) in [5.41, 5.74) is -4.70. The number of carbonyl (C=O) groups is 4. The maximum atomic E-state index is 14.9. The Morgan fingerprint density at radius 2 is 1.82 bits per heavy atom. The number of esters is 1. The van der Waals surface area contributed by atoms with Gasteiger partial charge in [0.15, 0.2) is 11.4 Å². The van der Waals surface area contributed by atoms with Crippen LogP contribution in [-0.4, -0.2) is 96.9 Å². The summed E-state index contributed by atoms with van der Waals surface area (Å²) in [7, 11) is -1.42. The van der Waals surface area contributed by atoms with Crippen molar-refractivity contribution in [3.63, 3.8) is 0 Å². The Hall–Kier alpha value is -4.45. The average molecular weight is 875 g/mol. The number of aryl methyl sites for hydroxylation is 1. The number of rotatable bonds is 9. The second-order valence-electron chi connectivity index (χ2n) is 18.2. The van der Waals surface area contributed by atoms with Gasteiger partial charge in [-0.15, -0.1) is 0 Å². The van der Waals surface area contributed by atoms with E-state index in [2.05, 4.69) is 15.0 Å². The van der Waals surface area contributed by atoms with Crippen molar-refractivity contribution < 1.29 is 59.7 Å². The number of ether oxygens (including phenoxy) is 4. The van der Waals surface area contributed by atoms with Crippen molar-refractivity contribution in [1.82, 2.24) is 19.9 Å². The molecule has 4 fully saturated rings. The van der Waals surface area contributed by atoms with Gasteiger partial charge in [0, 0.05) is 36.3 Å². The second kappa shape index (κ2) is 15.7. The Morgan fingerprint density at radius 3 is 2.49 bits per heavy atom. The normalized spacial score (nSPS) is 29.9. The molecule has 0 radical (unpaired) electrons. The van der Waals surface area contributed by atoms with Gasteiger partial charge in [-0.25, -0.2) is 13.4 Å². The van der Waals surface area contributed by atoms with E-state index in [4.69, 9.17) is 18.9 Å². The Kier molecular flexibility index (Phi) is 11.1. The zero-order valence-electron chi connectivity index (χ0n) is 34.7. The molecule has 8 rings (SSSR count). The zero-order valence-corrected chi connectivity index (χ0v) is 35.5. The lowest BCUT2D eigenvalue weighted by atomic mass is 9.82. The molecule has 1 spiro atoms. The smallest absolute Gasteiger partial charge is 0.437 e. The molecule has 14 nitrogen and oxygen atoms in total. The summed E-state index contributed by atoms with van der Waals surface area (Å²) < 4.78 is 95.2. The molecular formula is C43H53F3N4O10S. The summed E-state index contributed by atoms with van der Waals surface area (Å²) in [6.45, 7) is 1.43. The van der Waals surface area contributed by atoms with Gasteiger partial charge in [0.2, 0.25) is 21.8 Å². The van der Waals surface area contributed by atoms with Gasteiger partial charge in [-0.05, 0) is 95.8 Å². The van der Waals surface area contributed by atoms with Crippen molar-refractivity contribution in [3.8, 4) is 11.5 Å². The van der Waals surface area contributed by atoms with Gasteiger partial charge in [-0.2, -0.15) is 13.2 Å². The van der Waals surface area contributed by atoms with Crippen LogP contribution in [0.1, 0.15) is 108 Å². The summed E-state index contributed by atoms with van der Waals surface area (Å²) in [6, 6.07) is 3.20. The first-order valence-electron chi connectivity index (χ1n) is 21.2. The Labute approximate surface area is 352 Å². The van der Waals surface area contributed by atoms with Crippen molar-refractivity contribution >= 4 is 44.6 Å². The van der Waals surface area contributed by atoms with Crippen LogP contribution in [0.2, 0.25) is 0 Å². The first kappa shape index (κ1) is 43.2. The lowest BCUT2D eigenvalue weighted by Crippen LogP contribution is -2.58. The largest absolute Gasteiger partial charge is 0.497 e. The molecule has 1 saturated heterocycles. The highest BCUT2D eigenvalue weighted by Gasteiger charge is 2.64. The summed E-state index contributed by atoms with van der Waals surface area (Å²) in [6.07, 6.45) is 4.32. The molecule has 3 amide bonds. The SMILES string of the molecule is COCC1(S(=O)(=O)NC(=O)[C@@]23C[C@H]2/C=C\CCCCC[C@H](CC(=O)OC2(C)CCC2)C(=O)N2C[C@@]4(CCc5c(c(C(F)(F)F)nc6ccc(OC)cc56)O4)C[C@H]2C(=O)N3)CC1. The number of hydrogen-bond acceptors (Lipinski definition) is 11. The average Bonchev–Trinajstić information content (AvgIpc) is 4.10. The molecule has 332 valence electrons. The van der Waals surface area contributed by atoms with Gasteiger partial charge in [-0.1, -0.05) is 25.0 Å². The highest BCUT2D eigenvalue weighted by molar-refractivity contribution is 7.91. The first-order valence-corrected chi connectivity index (χ1v) is 22.7. The minimum absolute atomic E-state index is 0.0773. The van der Waals surface area contributed by atoms with E-state index >= 15 is 0 Å². The summed E-state index contributed by atoms with van der Waals surface area (Å²) in [5.74, 6) is -4.42. The molecule has 1 aromatic carbocycles. The molecule has 0 bridgehead atoms. The van der Waals surface area contributed by atoms with E-state index in [9.17, 15) is 40.8 Å². The number of nitrogens with zero attached hydrogens (tertiary/aromatic N) is 2. The van der Waals surface area contributed by atoms with Gasteiger partial charge < -0.3 is 29.2 Å². The van der Waals surface area contributed by atoms with Crippen LogP contribution >= 0.6 is 0 Å². The number of aromatic nitrogens is 1. The number of fused-ring (bicyclic) bond motifs is 5. The van der Waals surface area contributed by atoms with E-state index in [-0.39, 0.29) is 56.3 Å². The summed E-state index contributed by atoms with van der Waals surface area (Å²) in [5, 5.41) is 3.23. The number of carbonyl (C=O) groups excluding carboxylic acids is 4. The van der Waals surface area contributed by atoms with E-state index in [0.29, 0.717) is 62.5 Å². The molecule has 5 atom stereocenters.